The fraction of sp³-hybridized carbons (Fsp3) is 0. The molecular weight excluding hydrogens is 294 g/mol. The van der Waals surface area contributed by atoms with Gasteiger partial charge in [-0.2, -0.15) is 0 Å². The van der Waals surface area contributed by atoms with E-state index in [1.807, 2.05) is 0 Å². The molecule has 10 nitrogen and oxygen atoms in total. The number of hydrogen-bond acceptors (Lipinski definition) is 9. The SMILES string of the molecule is O=[N+]([O-])c1cc(S(=O)(=O)[O-])cc(S(=O)(=O)[O-])c1O. The first-order valence-electron chi connectivity index (χ1n) is 3.88. The van der Waals surface area contributed by atoms with Gasteiger partial charge in [0.25, 0.3) is 0 Å². The first-order chi connectivity index (χ1) is 7.94. The fourth-order valence-corrected chi connectivity index (χ4v) is 2.25. The quantitative estimate of drug-likeness (QED) is 0.420. The second-order valence-corrected chi connectivity index (χ2v) is 5.68. The van der Waals surface area contributed by atoms with Crippen LogP contribution in [0.2, 0.25) is 0 Å². The van der Waals surface area contributed by atoms with Crippen LogP contribution in [0.15, 0.2) is 21.9 Å². The van der Waals surface area contributed by atoms with Crippen LogP contribution in [0, 0.1) is 10.1 Å². The highest BCUT2D eigenvalue weighted by Crippen LogP contribution is 2.35. The van der Waals surface area contributed by atoms with Crippen molar-refractivity contribution >= 4 is 25.9 Å². The number of rotatable bonds is 3. The van der Waals surface area contributed by atoms with Crippen molar-refractivity contribution in [2.24, 2.45) is 0 Å². The number of phenolic OH excluding ortho intramolecular Hbond substituents is 1. The molecule has 0 aliphatic rings. The van der Waals surface area contributed by atoms with Crippen molar-refractivity contribution in [1.82, 2.24) is 0 Å². The lowest BCUT2D eigenvalue weighted by Gasteiger charge is -2.13. The van der Waals surface area contributed by atoms with Gasteiger partial charge in [0.1, 0.15) is 25.1 Å². The lowest BCUT2D eigenvalue weighted by atomic mass is 10.3. The number of phenols is 1. The molecule has 0 spiro atoms. The van der Waals surface area contributed by atoms with Crippen LogP contribution in [0.3, 0.4) is 0 Å². The Morgan fingerprint density at radius 2 is 1.56 bits per heavy atom. The molecule has 0 aliphatic carbocycles. The van der Waals surface area contributed by atoms with Crippen molar-refractivity contribution in [1.29, 1.82) is 0 Å². The Balaban J connectivity index is 3.86. The van der Waals surface area contributed by atoms with Gasteiger partial charge in [0.15, 0.2) is 0 Å². The summed E-state index contributed by atoms with van der Waals surface area (Å²) in [6, 6.07) is 0.222. The molecule has 1 aromatic rings. The summed E-state index contributed by atoms with van der Waals surface area (Å²) >= 11 is 0. The van der Waals surface area contributed by atoms with Crippen molar-refractivity contribution in [3.63, 3.8) is 0 Å². The maximum absolute atomic E-state index is 10.7. The summed E-state index contributed by atoms with van der Waals surface area (Å²) in [6.45, 7) is 0. The predicted octanol–water partition coefficient (Wildman–Crippen LogP) is -0.891. The molecule has 1 aromatic carbocycles. The van der Waals surface area contributed by atoms with Crippen LogP contribution in [-0.4, -0.2) is 36.0 Å². The molecule has 1 rings (SSSR count). The van der Waals surface area contributed by atoms with Gasteiger partial charge in [-0.15, -0.1) is 0 Å². The zero-order valence-corrected chi connectivity index (χ0v) is 9.76. The summed E-state index contributed by atoms with van der Waals surface area (Å²) < 4.78 is 63.9. The third kappa shape index (κ3) is 2.73. The van der Waals surface area contributed by atoms with Crippen molar-refractivity contribution in [3.05, 3.63) is 22.2 Å². The van der Waals surface area contributed by atoms with Crippen LogP contribution < -0.4 is 0 Å². The molecule has 0 atom stereocenters. The highest BCUT2D eigenvalue weighted by atomic mass is 32.2. The van der Waals surface area contributed by atoms with Crippen LogP contribution >= 0.6 is 0 Å². The van der Waals surface area contributed by atoms with Crippen LogP contribution in [0.25, 0.3) is 0 Å². The maximum Gasteiger partial charge on any atom is 0.313 e. The molecule has 12 heteroatoms. The number of nitro groups is 1. The van der Waals surface area contributed by atoms with E-state index in [1.54, 1.807) is 0 Å². The Hall–Kier alpha value is -1.76. The number of hydrogen-bond donors (Lipinski definition) is 1. The summed E-state index contributed by atoms with van der Waals surface area (Å²) in [5.41, 5.74) is -1.37. The summed E-state index contributed by atoms with van der Waals surface area (Å²) in [4.78, 5) is 6.24. The van der Waals surface area contributed by atoms with Crippen molar-refractivity contribution in [2.75, 3.05) is 0 Å². The van der Waals surface area contributed by atoms with E-state index in [0.29, 0.717) is 0 Å². The monoisotopic (exact) mass is 297 g/mol. The van der Waals surface area contributed by atoms with Crippen LogP contribution in [0.5, 0.6) is 5.75 Å². The van der Waals surface area contributed by atoms with E-state index in [0.717, 1.165) is 0 Å². The molecule has 1 N–H and O–H groups in total. The second-order valence-electron chi connectivity index (χ2n) is 2.95. The topological polar surface area (TPSA) is 178 Å². The van der Waals surface area contributed by atoms with E-state index < -0.39 is 46.4 Å². The van der Waals surface area contributed by atoms with Gasteiger partial charge >= 0.3 is 5.69 Å². The maximum atomic E-state index is 10.7. The number of benzene rings is 1. The van der Waals surface area contributed by atoms with Crippen LogP contribution in [-0.2, 0) is 20.2 Å². The van der Waals surface area contributed by atoms with Gasteiger partial charge in [0, 0.05) is 6.07 Å². The molecule has 0 unspecified atom stereocenters. The van der Waals surface area contributed by atoms with Gasteiger partial charge in [-0.1, -0.05) is 0 Å². The minimum atomic E-state index is -5.38. The number of nitrogens with zero attached hydrogens (tertiary/aromatic N) is 1. The van der Waals surface area contributed by atoms with Gasteiger partial charge in [-0.3, -0.25) is 10.1 Å². The Morgan fingerprint density at radius 3 is 1.89 bits per heavy atom. The molecule has 0 heterocycles. The van der Waals surface area contributed by atoms with Crippen molar-refractivity contribution < 1.29 is 36.0 Å². The van der Waals surface area contributed by atoms with E-state index in [9.17, 15) is 36.1 Å². The summed E-state index contributed by atoms with van der Waals surface area (Å²) in [7, 11) is -10.6. The minimum absolute atomic E-state index is 0.0625. The average Bonchev–Trinajstić information content (AvgIpc) is 2.13. The normalized spacial score (nSPS) is 12.3. The Labute approximate surface area is 100 Å². The van der Waals surface area contributed by atoms with E-state index in [1.165, 1.54) is 0 Å². The van der Waals surface area contributed by atoms with Gasteiger partial charge in [0.2, 0.25) is 5.75 Å². The molecule has 18 heavy (non-hydrogen) atoms. The lowest BCUT2D eigenvalue weighted by Crippen LogP contribution is -2.06. The van der Waals surface area contributed by atoms with Gasteiger partial charge < -0.3 is 14.2 Å². The molecule has 0 bridgehead atoms. The molecule has 0 saturated heterocycles. The van der Waals surface area contributed by atoms with E-state index in [2.05, 4.69) is 0 Å². The molecule has 0 saturated carbocycles. The van der Waals surface area contributed by atoms with Crippen LogP contribution in [0.1, 0.15) is 0 Å². The van der Waals surface area contributed by atoms with Crippen molar-refractivity contribution in [2.45, 2.75) is 9.79 Å². The molecule has 0 aromatic heterocycles. The molecule has 0 aliphatic heterocycles. The third-order valence-corrected chi connectivity index (χ3v) is 3.45. The van der Waals surface area contributed by atoms with Gasteiger partial charge in [-0.05, 0) is 6.07 Å². The number of aromatic hydroxyl groups is 1. The van der Waals surface area contributed by atoms with Crippen LogP contribution in [0.4, 0.5) is 5.69 Å². The first-order valence-corrected chi connectivity index (χ1v) is 6.69. The fourth-order valence-electron chi connectivity index (χ4n) is 1.04. The number of nitro benzene ring substituents is 1. The first kappa shape index (κ1) is 14.3. The minimum Gasteiger partial charge on any atom is -0.744 e. The molecule has 0 amide bonds. The Morgan fingerprint density at radius 1 is 1.06 bits per heavy atom. The second kappa shape index (κ2) is 4.16. The zero-order chi connectivity index (χ0) is 14.3. The van der Waals surface area contributed by atoms with Crippen molar-refractivity contribution in [3.8, 4) is 5.75 Å². The molecular formula is C6H3NO9S2-2. The molecule has 100 valence electrons. The van der Waals surface area contributed by atoms with E-state index >= 15 is 0 Å². The standard InChI is InChI=1S/C6H5NO9S2/c8-6-4(7(9)10)1-3(17(11,12)13)2-5(6)18(14,15)16/h1-2,8H,(H,11,12,13)(H,14,15,16)/p-2. The lowest BCUT2D eigenvalue weighted by molar-refractivity contribution is -0.386. The Bertz CT molecular complexity index is 718. The predicted molar refractivity (Wildman–Crippen MR) is 50.7 cm³/mol. The summed E-state index contributed by atoms with van der Waals surface area (Å²) in [6.07, 6.45) is 0. The largest absolute Gasteiger partial charge is 0.744 e. The summed E-state index contributed by atoms with van der Waals surface area (Å²) in [5.74, 6) is -1.53. The molecule has 0 radical (unpaired) electrons. The smallest absolute Gasteiger partial charge is 0.313 e. The molecule has 0 fully saturated rings. The summed E-state index contributed by atoms with van der Waals surface area (Å²) in [5, 5.41) is 19.6. The van der Waals surface area contributed by atoms with Gasteiger partial charge in [0.05, 0.1) is 9.82 Å². The van der Waals surface area contributed by atoms with E-state index in [-0.39, 0.29) is 12.1 Å². The highest BCUT2D eigenvalue weighted by Gasteiger charge is 2.24. The van der Waals surface area contributed by atoms with Gasteiger partial charge in [-0.25, -0.2) is 16.8 Å². The van der Waals surface area contributed by atoms with E-state index in [4.69, 9.17) is 5.11 Å². The Kier molecular flexibility index (Phi) is 3.31. The average molecular weight is 297 g/mol. The highest BCUT2D eigenvalue weighted by molar-refractivity contribution is 7.86. The zero-order valence-electron chi connectivity index (χ0n) is 8.13. The third-order valence-electron chi connectivity index (χ3n) is 1.78.